The highest BCUT2D eigenvalue weighted by Gasteiger charge is 2.08. The van der Waals surface area contributed by atoms with Gasteiger partial charge in [0.2, 0.25) is 0 Å². The van der Waals surface area contributed by atoms with Crippen molar-refractivity contribution in [3.05, 3.63) is 46.7 Å². The Kier molecular flexibility index (Phi) is 4.45. The fourth-order valence-corrected chi connectivity index (χ4v) is 2.15. The van der Waals surface area contributed by atoms with Crippen LogP contribution in [0.1, 0.15) is 24.7 Å². The maximum Gasteiger partial charge on any atom is 0.135 e. The Bertz CT molecular complexity index is 519. The number of halogens is 1. The van der Waals surface area contributed by atoms with E-state index in [1.165, 1.54) is 0 Å². The summed E-state index contributed by atoms with van der Waals surface area (Å²) < 4.78 is 5.79. The number of rotatable bonds is 5. The second-order valence-electron chi connectivity index (χ2n) is 4.43. The van der Waals surface area contributed by atoms with Crippen molar-refractivity contribution in [2.75, 3.05) is 6.54 Å². The van der Waals surface area contributed by atoms with E-state index in [-0.39, 0.29) is 0 Å². The molecule has 18 heavy (non-hydrogen) atoms. The number of benzene rings is 1. The van der Waals surface area contributed by atoms with E-state index in [9.17, 15) is 0 Å². The van der Waals surface area contributed by atoms with E-state index in [1.54, 1.807) is 0 Å². The smallest absolute Gasteiger partial charge is 0.135 e. The van der Waals surface area contributed by atoms with Crippen LogP contribution < -0.4 is 5.32 Å². The maximum atomic E-state index is 6.22. The number of furan rings is 1. The fraction of sp³-hybridized carbons (Fsp3) is 0.333. The van der Waals surface area contributed by atoms with Gasteiger partial charge in [-0.15, -0.1) is 0 Å². The minimum absolute atomic E-state index is 0.734. The molecule has 1 N–H and O–H groups in total. The highest BCUT2D eigenvalue weighted by Crippen LogP contribution is 2.30. The summed E-state index contributed by atoms with van der Waals surface area (Å²) in [6, 6.07) is 9.96. The summed E-state index contributed by atoms with van der Waals surface area (Å²) in [6.45, 7) is 5.93. The van der Waals surface area contributed by atoms with Gasteiger partial charge in [-0.25, -0.2) is 0 Å². The Hall–Kier alpha value is -1.25. The Morgan fingerprint density at radius 2 is 2.06 bits per heavy atom. The van der Waals surface area contributed by atoms with Crippen molar-refractivity contribution in [2.45, 2.75) is 26.8 Å². The maximum absolute atomic E-state index is 6.22. The molecule has 3 heteroatoms. The summed E-state index contributed by atoms with van der Waals surface area (Å²) in [4.78, 5) is 0. The van der Waals surface area contributed by atoms with Gasteiger partial charge in [-0.05, 0) is 49.7 Å². The number of hydrogen-bond acceptors (Lipinski definition) is 2. The predicted octanol–water partition coefficient (Wildman–Crippen LogP) is 4.41. The van der Waals surface area contributed by atoms with Gasteiger partial charge in [0.1, 0.15) is 11.5 Å². The zero-order valence-corrected chi connectivity index (χ0v) is 11.6. The molecule has 0 saturated heterocycles. The molecular formula is C15H18ClNO. The largest absolute Gasteiger partial charge is 0.460 e. The molecule has 2 nitrogen and oxygen atoms in total. The third-order valence-electron chi connectivity index (χ3n) is 2.78. The quantitative estimate of drug-likeness (QED) is 0.809. The van der Waals surface area contributed by atoms with E-state index < -0.39 is 0 Å². The van der Waals surface area contributed by atoms with Gasteiger partial charge in [0.05, 0.1) is 11.6 Å². The lowest BCUT2D eigenvalue weighted by Crippen LogP contribution is -2.12. The van der Waals surface area contributed by atoms with Crippen LogP contribution in [0, 0.1) is 6.92 Å². The SMILES string of the molecule is CCCNCc1ccc(-c2ccc(C)cc2Cl)o1. The molecule has 0 aliphatic heterocycles. The van der Waals surface area contributed by atoms with Crippen molar-refractivity contribution in [1.29, 1.82) is 0 Å². The van der Waals surface area contributed by atoms with Gasteiger partial charge in [-0.1, -0.05) is 24.6 Å². The lowest BCUT2D eigenvalue weighted by Gasteiger charge is -2.02. The van der Waals surface area contributed by atoms with Crippen molar-refractivity contribution in [1.82, 2.24) is 5.32 Å². The Morgan fingerprint density at radius 1 is 1.22 bits per heavy atom. The van der Waals surface area contributed by atoms with E-state index in [4.69, 9.17) is 16.0 Å². The van der Waals surface area contributed by atoms with Crippen LogP contribution in [0.4, 0.5) is 0 Å². The van der Waals surface area contributed by atoms with E-state index in [1.807, 2.05) is 37.3 Å². The molecule has 96 valence electrons. The molecule has 2 rings (SSSR count). The summed E-state index contributed by atoms with van der Waals surface area (Å²) in [7, 11) is 0. The molecule has 0 fully saturated rings. The van der Waals surface area contributed by atoms with Gasteiger partial charge >= 0.3 is 0 Å². The van der Waals surface area contributed by atoms with E-state index in [2.05, 4.69) is 12.2 Å². The van der Waals surface area contributed by atoms with Gasteiger partial charge in [-0.2, -0.15) is 0 Å². The van der Waals surface area contributed by atoms with E-state index >= 15 is 0 Å². The zero-order valence-electron chi connectivity index (χ0n) is 10.8. The minimum Gasteiger partial charge on any atom is -0.460 e. The second-order valence-corrected chi connectivity index (χ2v) is 4.83. The van der Waals surface area contributed by atoms with Crippen molar-refractivity contribution in [2.24, 2.45) is 0 Å². The molecule has 0 spiro atoms. The highest BCUT2D eigenvalue weighted by molar-refractivity contribution is 6.33. The van der Waals surface area contributed by atoms with Gasteiger partial charge in [0.25, 0.3) is 0 Å². The van der Waals surface area contributed by atoms with Crippen molar-refractivity contribution in [3.63, 3.8) is 0 Å². The van der Waals surface area contributed by atoms with Crippen LogP contribution >= 0.6 is 11.6 Å². The summed E-state index contributed by atoms with van der Waals surface area (Å²) in [5.74, 6) is 1.77. The van der Waals surface area contributed by atoms with Crippen molar-refractivity contribution in [3.8, 4) is 11.3 Å². The third kappa shape index (κ3) is 3.15. The lowest BCUT2D eigenvalue weighted by atomic mass is 10.1. The van der Waals surface area contributed by atoms with Crippen LogP contribution in [-0.2, 0) is 6.54 Å². The number of aryl methyl sites for hydroxylation is 1. The van der Waals surface area contributed by atoms with Crippen molar-refractivity contribution < 1.29 is 4.42 Å². The molecule has 0 saturated carbocycles. The molecular weight excluding hydrogens is 246 g/mol. The highest BCUT2D eigenvalue weighted by atomic mass is 35.5. The molecule has 0 radical (unpaired) electrons. The van der Waals surface area contributed by atoms with Gasteiger partial charge in [0.15, 0.2) is 0 Å². The summed E-state index contributed by atoms with van der Waals surface area (Å²) >= 11 is 6.22. The summed E-state index contributed by atoms with van der Waals surface area (Å²) in [5, 5.41) is 4.05. The molecule has 0 unspecified atom stereocenters. The lowest BCUT2D eigenvalue weighted by molar-refractivity contribution is 0.493. The normalized spacial score (nSPS) is 10.8. The number of hydrogen-bond donors (Lipinski definition) is 1. The van der Waals surface area contributed by atoms with E-state index in [0.29, 0.717) is 0 Å². The monoisotopic (exact) mass is 263 g/mol. The fourth-order valence-electron chi connectivity index (χ4n) is 1.83. The first kappa shape index (κ1) is 13.2. The first-order valence-electron chi connectivity index (χ1n) is 6.26. The standard InChI is InChI=1S/C15H18ClNO/c1-3-8-17-10-12-5-7-15(18-12)13-6-4-11(2)9-14(13)16/h4-7,9,17H,3,8,10H2,1-2H3. The third-order valence-corrected chi connectivity index (χ3v) is 3.09. The van der Waals surface area contributed by atoms with Gasteiger partial charge < -0.3 is 9.73 Å². The van der Waals surface area contributed by atoms with Crippen LogP contribution in [0.15, 0.2) is 34.7 Å². The molecule has 0 aliphatic rings. The Balaban J connectivity index is 2.13. The van der Waals surface area contributed by atoms with Crippen LogP contribution in [0.25, 0.3) is 11.3 Å². The Morgan fingerprint density at radius 3 is 2.78 bits per heavy atom. The molecule has 0 aliphatic carbocycles. The predicted molar refractivity (Wildman–Crippen MR) is 75.9 cm³/mol. The summed E-state index contributed by atoms with van der Waals surface area (Å²) in [5.41, 5.74) is 2.10. The average molecular weight is 264 g/mol. The topological polar surface area (TPSA) is 25.2 Å². The molecule has 1 aromatic carbocycles. The molecule has 0 bridgehead atoms. The molecule has 1 heterocycles. The number of nitrogens with one attached hydrogen (secondary N) is 1. The van der Waals surface area contributed by atoms with Gasteiger partial charge in [0, 0.05) is 5.56 Å². The van der Waals surface area contributed by atoms with Crippen LogP contribution in [0.5, 0.6) is 0 Å². The molecule has 0 amide bonds. The van der Waals surface area contributed by atoms with Crippen LogP contribution in [0.3, 0.4) is 0 Å². The first-order chi connectivity index (χ1) is 8.70. The van der Waals surface area contributed by atoms with Gasteiger partial charge in [-0.3, -0.25) is 0 Å². The summed E-state index contributed by atoms with van der Waals surface area (Å²) in [6.07, 6.45) is 1.12. The second kappa shape index (κ2) is 6.07. The minimum atomic E-state index is 0.734. The first-order valence-corrected chi connectivity index (χ1v) is 6.64. The van der Waals surface area contributed by atoms with E-state index in [0.717, 1.165) is 47.2 Å². The molecule has 1 aromatic heterocycles. The van der Waals surface area contributed by atoms with Crippen LogP contribution in [-0.4, -0.2) is 6.54 Å². The van der Waals surface area contributed by atoms with Crippen LogP contribution in [0.2, 0.25) is 5.02 Å². The Labute approximate surface area is 113 Å². The molecule has 2 aromatic rings. The average Bonchev–Trinajstić information content (AvgIpc) is 2.78. The molecule has 0 atom stereocenters. The zero-order chi connectivity index (χ0) is 13.0. The van der Waals surface area contributed by atoms with Crippen molar-refractivity contribution >= 4 is 11.6 Å².